The first-order chi connectivity index (χ1) is 11.1. The maximum absolute atomic E-state index is 12.1. The molecule has 0 N–H and O–H groups in total. The summed E-state index contributed by atoms with van der Waals surface area (Å²) in [7, 11) is 0. The third-order valence-corrected chi connectivity index (χ3v) is 4.38. The third-order valence-electron chi connectivity index (χ3n) is 4.38. The molecule has 1 aliphatic rings. The lowest BCUT2D eigenvalue weighted by molar-refractivity contribution is 0.288. The molecule has 0 unspecified atom stereocenters. The Morgan fingerprint density at radius 1 is 1.13 bits per heavy atom. The number of aromatic nitrogens is 1. The normalized spacial score (nSPS) is 13.7. The van der Waals surface area contributed by atoms with E-state index in [4.69, 9.17) is 9.15 Å². The Morgan fingerprint density at radius 2 is 2.00 bits per heavy atom. The summed E-state index contributed by atoms with van der Waals surface area (Å²) >= 11 is 0. The van der Waals surface area contributed by atoms with Gasteiger partial charge in [-0.05, 0) is 43.7 Å². The minimum atomic E-state index is -0.293. The lowest BCUT2D eigenvalue weighted by Crippen LogP contribution is -2.32. The molecule has 0 saturated heterocycles. The number of anilines is 1. The first kappa shape index (κ1) is 13.8. The van der Waals surface area contributed by atoms with Gasteiger partial charge in [0.05, 0.1) is 12.1 Å². The molecule has 0 spiro atoms. The van der Waals surface area contributed by atoms with Crippen molar-refractivity contribution in [1.82, 2.24) is 4.98 Å². The molecule has 0 bridgehead atoms. The Morgan fingerprint density at radius 3 is 2.78 bits per heavy atom. The molecule has 2 aromatic heterocycles. The summed E-state index contributed by atoms with van der Waals surface area (Å²) in [6.45, 7) is 4.75. The van der Waals surface area contributed by atoms with Crippen LogP contribution in [0.25, 0.3) is 11.0 Å². The lowest BCUT2D eigenvalue weighted by Gasteiger charge is -2.30. The Bertz CT molecular complexity index is 948. The monoisotopic (exact) mass is 308 g/mol. The van der Waals surface area contributed by atoms with Gasteiger partial charge in [-0.15, -0.1) is 0 Å². The zero-order valence-corrected chi connectivity index (χ0v) is 13.0. The SMILES string of the molecule is Cc1c(C)c2ccc3c(c2oc1=O)CN(c1ccccn1)CO3. The van der Waals surface area contributed by atoms with Crippen molar-refractivity contribution in [3.05, 3.63) is 63.6 Å². The van der Waals surface area contributed by atoms with Crippen LogP contribution in [-0.2, 0) is 6.54 Å². The van der Waals surface area contributed by atoms with E-state index in [9.17, 15) is 4.79 Å². The van der Waals surface area contributed by atoms with Gasteiger partial charge >= 0.3 is 5.63 Å². The van der Waals surface area contributed by atoms with Crippen molar-refractivity contribution in [2.75, 3.05) is 11.6 Å². The van der Waals surface area contributed by atoms with Crippen molar-refractivity contribution in [2.24, 2.45) is 0 Å². The average Bonchev–Trinajstić information content (AvgIpc) is 2.60. The molecule has 5 heteroatoms. The van der Waals surface area contributed by atoms with Gasteiger partial charge in [-0.25, -0.2) is 9.78 Å². The molecule has 0 atom stereocenters. The van der Waals surface area contributed by atoms with Crippen molar-refractivity contribution in [3.63, 3.8) is 0 Å². The first-order valence-electron chi connectivity index (χ1n) is 7.50. The number of pyridine rings is 1. The van der Waals surface area contributed by atoms with Gasteiger partial charge in [0.2, 0.25) is 0 Å². The number of nitrogens with zero attached hydrogens (tertiary/aromatic N) is 2. The van der Waals surface area contributed by atoms with Crippen molar-refractivity contribution in [1.29, 1.82) is 0 Å². The predicted molar refractivity (Wildman–Crippen MR) is 87.9 cm³/mol. The molecular weight excluding hydrogens is 292 g/mol. The highest BCUT2D eigenvalue weighted by atomic mass is 16.5. The van der Waals surface area contributed by atoms with E-state index >= 15 is 0 Å². The number of aryl methyl sites for hydroxylation is 1. The molecule has 0 amide bonds. The van der Waals surface area contributed by atoms with E-state index in [1.165, 1.54) is 0 Å². The smallest absolute Gasteiger partial charge is 0.339 e. The second-order valence-corrected chi connectivity index (χ2v) is 5.72. The molecule has 1 aromatic carbocycles. The van der Waals surface area contributed by atoms with Gasteiger partial charge in [0.25, 0.3) is 0 Å². The van der Waals surface area contributed by atoms with Crippen LogP contribution in [0.2, 0.25) is 0 Å². The number of fused-ring (bicyclic) bond motifs is 3. The minimum Gasteiger partial charge on any atom is -0.473 e. The Labute approximate surface area is 133 Å². The van der Waals surface area contributed by atoms with Crippen LogP contribution < -0.4 is 15.3 Å². The van der Waals surface area contributed by atoms with E-state index in [0.717, 1.165) is 28.1 Å². The molecule has 23 heavy (non-hydrogen) atoms. The summed E-state index contributed by atoms with van der Waals surface area (Å²) in [5.74, 6) is 1.59. The van der Waals surface area contributed by atoms with Crippen LogP contribution in [0.4, 0.5) is 5.82 Å². The number of hydrogen-bond donors (Lipinski definition) is 0. The van der Waals surface area contributed by atoms with Gasteiger partial charge in [-0.1, -0.05) is 6.07 Å². The Balaban J connectivity index is 1.88. The maximum atomic E-state index is 12.1. The van der Waals surface area contributed by atoms with Gasteiger partial charge in [0, 0.05) is 17.1 Å². The van der Waals surface area contributed by atoms with Gasteiger partial charge in [-0.3, -0.25) is 0 Å². The second-order valence-electron chi connectivity index (χ2n) is 5.72. The van der Waals surface area contributed by atoms with Gasteiger partial charge < -0.3 is 14.1 Å². The molecule has 5 nitrogen and oxygen atoms in total. The maximum Gasteiger partial charge on any atom is 0.339 e. The van der Waals surface area contributed by atoms with Crippen LogP contribution >= 0.6 is 0 Å². The van der Waals surface area contributed by atoms with E-state index in [-0.39, 0.29) is 5.63 Å². The van der Waals surface area contributed by atoms with E-state index in [1.54, 1.807) is 13.1 Å². The summed E-state index contributed by atoms with van der Waals surface area (Å²) in [6, 6.07) is 9.65. The Hall–Kier alpha value is -2.82. The standard InChI is InChI=1S/C18H16N2O3/c1-11-12(2)18(21)23-17-13(11)6-7-15-14(17)9-20(10-22-15)16-5-3-4-8-19-16/h3-8H,9-10H2,1-2H3. The number of benzene rings is 1. The highest BCUT2D eigenvalue weighted by molar-refractivity contribution is 5.86. The topological polar surface area (TPSA) is 55.6 Å². The summed E-state index contributed by atoms with van der Waals surface area (Å²) < 4.78 is 11.4. The van der Waals surface area contributed by atoms with Crippen LogP contribution in [0.3, 0.4) is 0 Å². The van der Waals surface area contributed by atoms with E-state index in [1.807, 2.05) is 42.2 Å². The molecule has 0 saturated carbocycles. The van der Waals surface area contributed by atoms with Crippen molar-refractivity contribution < 1.29 is 9.15 Å². The van der Waals surface area contributed by atoms with E-state index in [0.29, 0.717) is 24.4 Å². The minimum absolute atomic E-state index is 0.293. The molecule has 116 valence electrons. The van der Waals surface area contributed by atoms with Gasteiger partial charge in [0.15, 0.2) is 6.73 Å². The fourth-order valence-electron chi connectivity index (χ4n) is 2.90. The highest BCUT2D eigenvalue weighted by Gasteiger charge is 2.23. The van der Waals surface area contributed by atoms with Gasteiger partial charge in [0.1, 0.15) is 17.2 Å². The Kier molecular flexibility index (Phi) is 3.08. The van der Waals surface area contributed by atoms with Crippen molar-refractivity contribution in [2.45, 2.75) is 20.4 Å². The van der Waals surface area contributed by atoms with Crippen LogP contribution in [0.15, 0.2) is 45.7 Å². The predicted octanol–water partition coefficient (Wildman–Crippen LogP) is 3.16. The fourth-order valence-corrected chi connectivity index (χ4v) is 2.90. The first-order valence-corrected chi connectivity index (χ1v) is 7.50. The van der Waals surface area contributed by atoms with E-state index in [2.05, 4.69) is 4.98 Å². The zero-order valence-electron chi connectivity index (χ0n) is 13.0. The fraction of sp³-hybridized carbons (Fsp3) is 0.222. The summed E-state index contributed by atoms with van der Waals surface area (Å²) in [4.78, 5) is 18.4. The van der Waals surface area contributed by atoms with Crippen LogP contribution in [0.5, 0.6) is 5.75 Å². The molecule has 3 heterocycles. The molecule has 0 radical (unpaired) electrons. The number of rotatable bonds is 1. The summed E-state index contributed by atoms with van der Waals surface area (Å²) in [6.07, 6.45) is 1.75. The molecule has 3 aromatic rings. The van der Waals surface area contributed by atoms with Crippen molar-refractivity contribution >= 4 is 16.8 Å². The average molecular weight is 308 g/mol. The highest BCUT2D eigenvalue weighted by Crippen LogP contribution is 2.34. The van der Waals surface area contributed by atoms with Crippen LogP contribution in [-0.4, -0.2) is 11.7 Å². The largest absolute Gasteiger partial charge is 0.473 e. The zero-order chi connectivity index (χ0) is 16.0. The number of hydrogen-bond acceptors (Lipinski definition) is 5. The summed E-state index contributed by atoms with van der Waals surface area (Å²) in [5, 5.41) is 0.951. The van der Waals surface area contributed by atoms with Crippen LogP contribution in [0, 0.1) is 13.8 Å². The third kappa shape index (κ3) is 2.16. The second kappa shape index (κ2) is 5.12. The van der Waals surface area contributed by atoms with Gasteiger partial charge in [-0.2, -0.15) is 0 Å². The molecule has 1 aliphatic heterocycles. The molecule has 0 fully saturated rings. The summed E-state index contributed by atoms with van der Waals surface area (Å²) in [5.41, 5.74) is 2.80. The lowest BCUT2D eigenvalue weighted by atomic mass is 10.0. The molecular formula is C18H16N2O3. The van der Waals surface area contributed by atoms with Crippen molar-refractivity contribution in [3.8, 4) is 5.75 Å². The van der Waals surface area contributed by atoms with E-state index < -0.39 is 0 Å². The quantitative estimate of drug-likeness (QED) is 0.646. The number of ether oxygens (including phenoxy) is 1. The molecule has 4 rings (SSSR count). The van der Waals surface area contributed by atoms with Crippen LogP contribution in [0.1, 0.15) is 16.7 Å². The molecule has 0 aliphatic carbocycles.